The molecule has 0 aliphatic heterocycles. The SMILES string of the molecule is CCc1cccc(NC(=S)N(Cc2nnc(-c3ccc(Cl)cc3)o2)C(C)C)c1. The normalized spacial score (nSPS) is 10.9. The Morgan fingerprint density at radius 2 is 1.93 bits per heavy atom. The molecule has 0 unspecified atom stereocenters. The monoisotopic (exact) mass is 414 g/mol. The molecule has 0 aliphatic carbocycles. The molecule has 7 heteroatoms. The first-order chi connectivity index (χ1) is 13.5. The van der Waals surface area contributed by atoms with Gasteiger partial charge in [0, 0.05) is 22.3 Å². The molecule has 0 amide bonds. The molecule has 5 nitrogen and oxygen atoms in total. The van der Waals surface area contributed by atoms with Gasteiger partial charge in [-0.05, 0) is 74.4 Å². The molecule has 0 radical (unpaired) electrons. The van der Waals surface area contributed by atoms with Gasteiger partial charge in [-0.1, -0.05) is 30.7 Å². The predicted octanol–water partition coefficient (Wildman–Crippen LogP) is 5.56. The van der Waals surface area contributed by atoms with Gasteiger partial charge in [-0.25, -0.2) is 0 Å². The van der Waals surface area contributed by atoms with Crippen LogP contribution in [-0.4, -0.2) is 26.3 Å². The smallest absolute Gasteiger partial charge is 0.247 e. The van der Waals surface area contributed by atoms with Crippen LogP contribution in [-0.2, 0) is 13.0 Å². The number of thiocarbonyl (C=S) groups is 1. The molecular weight excluding hydrogens is 392 g/mol. The summed E-state index contributed by atoms with van der Waals surface area (Å²) in [6.45, 7) is 6.71. The van der Waals surface area contributed by atoms with Gasteiger partial charge in [0.2, 0.25) is 11.8 Å². The molecule has 0 fully saturated rings. The fourth-order valence-corrected chi connectivity index (χ4v) is 3.24. The van der Waals surface area contributed by atoms with E-state index in [1.807, 2.05) is 29.2 Å². The lowest BCUT2D eigenvalue weighted by Gasteiger charge is -2.28. The van der Waals surface area contributed by atoms with E-state index in [9.17, 15) is 0 Å². The minimum absolute atomic E-state index is 0.167. The molecule has 0 atom stereocenters. The standard InChI is InChI=1S/C21H23ClN4OS/c1-4-15-6-5-7-18(12-15)23-21(28)26(14(2)3)13-19-24-25-20(27-19)16-8-10-17(22)11-9-16/h5-12,14H,4,13H2,1-3H3,(H,23,28). The number of hydrogen-bond donors (Lipinski definition) is 1. The van der Waals surface area contributed by atoms with Crippen molar-refractivity contribution in [1.29, 1.82) is 0 Å². The maximum atomic E-state index is 5.93. The van der Waals surface area contributed by atoms with E-state index in [0.29, 0.717) is 28.5 Å². The molecule has 0 spiro atoms. The van der Waals surface area contributed by atoms with Crippen molar-refractivity contribution in [2.45, 2.75) is 39.8 Å². The third-order valence-corrected chi connectivity index (χ3v) is 4.92. The number of benzene rings is 2. The minimum Gasteiger partial charge on any atom is -0.419 e. The highest BCUT2D eigenvalue weighted by Gasteiger charge is 2.18. The Morgan fingerprint density at radius 1 is 1.18 bits per heavy atom. The highest BCUT2D eigenvalue weighted by Crippen LogP contribution is 2.21. The van der Waals surface area contributed by atoms with Crippen molar-refractivity contribution < 1.29 is 4.42 Å². The second kappa shape index (κ2) is 9.17. The molecule has 1 aromatic heterocycles. The number of aryl methyl sites for hydroxylation is 1. The number of halogens is 1. The molecule has 2 aromatic carbocycles. The molecule has 0 aliphatic rings. The predicted molar refractivity (Wildman–Crippen MR) is 117 cm³/mol. The topological polar surface area (TPSA) is 54.2 Å². The largest absolute Gasteiger partial charge is 0.419 e. The van der Waals surface area contributed by atoms with E-state index in [-0.39, 0.29) is 6.04 Å². The van der Waals surface area contributed by atoms with E-state index in [4.69, 9.17) is 28.2 Å². The number of aromatic nitrogens is 2. The van der Waals surface area contributed by atoms with Gasteiger partial charge >= 0.3 is 0 Å². The van der Waals surface area contributed by atoms with Gasteiger partial charge in [0.1, 0.15) is 0 Å². The Hall–Kier alpha value is -2.44. The van der Waals surface area contributed by atoms with Crippen molar-refractivity contribution in [2.24, 2.45) is 0 Å². The van der Waals surface area contributed by atoms with E-state index in [2.05, 4.69) is 48.4 Å². The highest BCUT2D eigenvalue weighted by molar-refractivity contribution is 7.80. The van der Waals surface area contributed by atoms with Crippen LogP contribution in [0.2, 0.25) is 5.02 Å². The van der Waals surface area contributed by atoms with Crippen molar-refractivity contribution in [3.8, 4) is 11.5 Å². The summed E-state index contributed by atoms with van der Waals surface area (Å²) in [4.78, 5) is 2.02. The zero-order valence-corrected chi connectivity index (χ0v) is 17.7. The molecule has 1 N–H and O–H groups in total. The summed E-state index contributed by atoms with van der Waals surface area (Å²) in [5, 5.41) is 12.9. The highest BCUT2D eigenvalue weighted by atomic mass is 35.5. The number of nitrogens with one attached hydrogen (secondary N) is 1. The van der Waals surface area contributed by atoms with E-state index < -0.39 is 0 Å². The molecule has 3 rings (SSSR count). The van der Waals surface area contributed by atoms with Crippen LogP contribution >= 0.6 is 23.8 Å². The van der Waals surface area contributed by atoms with Gasteiger partial charge in [-0.2, -0.15) is 0 Å². The number of nitrogens with zero attached hydrogens (tertiary/aromatic N) is 3. The lowest BCUT2D eigenvalue weighted by molar-refractivity contribution is 0.309. The van der Waals surface area contributed by atoms with E-state index in [1.54, 1.807) is 12.1 Å². The molecule has 0 saturated heterocycles. The van der Waals surface area contributed by atoms with Crippen molar-refractivity contribution in [3.63, 3.8) is 0 Å². The summed E-state index contributed by atoms with van der Waals surface area (Å²) < 4.78 is 5.83. The molecule has 3 aromatic rings. The van der Waals surface area contributed by atoms with Crippen LogP contribution in [0.5, 0.6) is 0 Å². The third kappa shape index (κ3) is 5.09. The van der Waals surface area contributed by atoms with Crippen LogP contribution in [0.4, 0.5) is 5.69 Å². The van der Waals surface area contributed by atoms with Gasteiger partial charge < -0.3 is 14.6 Å². The first-order valence-corrected chi connectivity index (χ1v) is 9.99. The first-order valence-electron chi connectivity index (χ1n) is 9.21. The van der Waals surface area contributed by atoms with Crippen molar-refractivity contribution in [2.75, 3.05) is 5.32 Å². The first kappa shape index (κ1) is 20.3. The van der Waals surface area contributed by atoms with Crippen molar-refractivity contribution in [3.05, 3.63) is 65.0 Å². The zero-order chi connectivity index (χ0) is 20.1. The summed E-state index contributed by atoms with van der Waals surface area (Å²) in [7, 11) is 0. The average molecular weight is 415 g/mol. The second-order valence-corrected chi connectivity index (χ2v) is 7.54. The van der Waals surface area contributed by atoms with Gasteiger partial charge in [0.05, 0.1) is 6.54 Å². The van der Waals surface area contributed by atoms with Crippen LogP contribution in [0.25, 0.3) is 11.5 Å². The molecular formula is C21H23ClN4OS. The Labute approximate surface area is 175 Å². The van der Waals surface area contributed by atoms with E-state index in [1.165, 1.54) is 5.56 Å². The summed E-state index contributed by atoms with van der Waals surface area (Å²) in [6.07, 6.45) is 0.978. The van der Waals surface area contributed by atoms with E-state index >= 15 is 0 Å². The van der Waals surface area contributed by atoms with Crippen LogP contribution in [0, 0.1) is 0 Å². The maximum Gasteiger partial charge on any atom is 0.247 e. The molecule has 0 bridgehead atoms. The van der Waals surface area contributed by atoms with Crippen LogP contribution in [0.15, 0.2) is 52.9 Å². The Morgan fingerprint density at radius 3 is 2.61 bits per heavy atom. The fourth-order valence-electron chi connectivity index (χ4n) is 2.73. The maximum absolute atomic E-state index is 5.93. The van der Waals surface area contributed by atoms with Gasteiger partial charge in [0.25, 0.3) is 0 Å². The minimum atomic E-state index is 0.167. The lowest BCUT2D eigenvalue weighted by Crippen LogP contribution is -2.39. The number of rotatable bonds is 6. The molecule has 0 saturated carbocycles. The fraction of sp³-hybridized carbons (Fsp3) is 0.286. The summed E-state index contributed by atoms with van der Waals surface area (Å²) in [6, 6.07) is 15.7. The molecule has 1 heterocycles. The Balaban J connectivity index is 1.72. The lowest BCUT2D eigenvalue weighted by atomic mass is 10.1. The third-order valence-electron chi connectivity index (χ3n) is 4.33. The summed E-state index contributed by atoms with van der Waals surface area (Å²) in [5.74, 6) is 0.968. The van der Waals surface area contributed by atoms with Gasteiger partial charge in [-0.15, -0.1) is 10.2 Å². The summed E-state index contributed by atoms with van der Waals surface area (Å²) >= 11 is 11.6. The van der Waals surface area contributed by atoms with Crippen LogP contribution in [0.1, 0.15) is 32.2 Å². The molecule has 146 valence electrons. The van der Waals surface area contributed by atoms with Crippen molar-refractivity contribution in [1.82, 2.24) is 15.1 Å². The Kier molecular flexibility index (Phi) is 6.65. The van der Waals surface area contributed by atoms with Crippen molar-refractivity contribution >= 4 is 34.6 Å². The van der Waals surface area contributed by atoms with Gasteiger partial charge in [0.15, 0.2) is 5.11 Å². The number of hydrogen-bond acceptors (Lipinski definition) is 4. The van der Waals surface area contributed by atoms with Crippen LogP contribution < -0.4 is 5.32 Å². The average Bonchev–Trinajstić information content (AvgIpc) is 3.15. The summed E-state index contributed by atoms with van der Waals surface area (Å²) in [5.41, 5.74) is 3.06. The molecule has 28 heavy (non-hydrogen) atoms. The van der Waals surface area contributed by atoms with E-state index in [0.717, 1.165) is 17.7 Å². The van der Waals surface area contributed by atoms with Gasteiger partial charge in [-0.3, -0.25) is 0 Å². The quantitative estimate of drug-likeness (QED) is 0.533. The second-order valence-electron chi connectivity index (χ2n) is 6.71. The Bertz CT molecular complexity index is 940. The number of anilines is 1. The zero-order valence-electron chi connectivity index (χ0n) is 16.1. The van der Waals surface area contributed by atoms with Crippen LogP contribution in [0.3, 0.4) is 0 Å².